The van der Waals surface area contributed by atoms with Crippen LogP contribution in [0.3, 0.4) is 0 Å². The van der Waals surface area contributed by atoms with Gasteiger partial charge in [0.25, 0.3) is 0 Å². The van der Waals surface area contributed by atoms with Gasteiger partial charge in [0.2, 0.25) is 5.91 Å². The van der Waals surface area contributed by atoms with E-state index < -0.39 is 5.97 Å². The molecule has 0 unspecified atom stereocenters. The summed E-state index contributed by atoms with van der Waals surface area (Å²) in [6.07, 6.45) is 3.65. The zero-order chi connectivity index (χ0) is 35.2. The summed E-state index contributed by atoms with van der Waals surface area (Å²) in [5, 5.41) is 10.5. The minimum absolute atomic E-state index is 0.0917. The number of pyridine rings is 1. The van der Waals surface area contributed by atoms with Crippen molar-refractivity contribution in [3.05, 3.63) is 114 Å². The molecule has 51 heavy (non-hydrogen) atoms. The minimum atomic E-state index is -0.542. The monoisotopic (exact) mass is 702 g/mol. The van der Waals surface area contributed by atoms with Crippen molar-refractivity contribution in [1.82, 2.24) is 15.6 Å². The molecule has 260 valence electrons. The second-order valence-corrected chi connectivity index (χ2v) is 14.1. The standard InChI is InChI=1S/C40H38N4O6S/c45-35(13-7-6-12-34-38-33(24-51-34)43-40(48)44-38)41-27-17-20-32-30(22-27)37(29-10-4-5-11-31(29)42-32)39(47)50-28-18-14-25(15-19-28)16-21-36(46)49-23-26-8-2-1-3-9-26/h1-5,8-11,14-15,17-20,22,33-34,38H,6-7,12-13,16,21,23-24H2,(H,41,45)(H2,43,44,48)/t33-,34-,38-/m0/s1. The molecule has 0 aliphatic carbocycles. The van der Waals surface area contributed by atoms with Gasteiger partial charge in [0.05, 0.1) is 28.7 Å². The Labute approximate surface area is 299 Å². The third-order valence-electron chi connectivity index (χ3n) is 9.24. The second kappa shape index (κ2) is 15.6. The Morgan fingerprint density at radius 2 is 1.61 bits per heavy atom. The predicted octanol–water partition coefficient (Wildman–Crippen LogP) is 6.95. The number of para-hydroxylation sites is 1. The lowest BCUT2D eigenvalue weighted by atomic mass is 10.0. The van der Waals surface area contributed by atoms with Gasteiger partial charge >= 0.3 is 18.0 Å². The maximum atomic E-state index is 13.8. The lowest BCUT2D eigenvalue weighted by Gasteiger charge is -2.16. The van der Waals surface area contributed by atoms with E-state index in [2.05, 4.69) is 16.0 Å². The number of unbranched alkanes of at least 4 members (excludes halogenated alkanes) is 1. The molecule has 7 rings (SSSR count). The molecule has 10 nitrogen and oxygen atoms in total. The average molecular weight is 703 g/mol. The number of fused-ring (bicyclic) bond motifs is 3. The fraction of sp³-hybridized carbons (Fsp3) is 0.275. The number of urea groups is 1. The number of nitrogens with zero attached hydrogens (tertiary/aromatic N) is 1. The van der Waals surface area contributed by atoms with Crippen molar-refractivity contribution in [3.8, 4) is 5.75 Å². The number of aromatic nitrogens is 1. The van der Waals surface area contributed by atoms with E-state index in [-0.39, 0.29) is 43.0 Å². The lowest BCUT2D eigenvalue weighted by molar-refractivity contribution is -0.144. The summed E-state index contributed by atoms with van der Waals surface area (Å²) in [7, 11) is 0. The molecule has 1 aromatic heterocycles. The summed E-state index contributed by atoms with van der Waals surface area (Å²) in [5.74, 6) is 0.353. The first kappa shape index (κ1) is 34.0. The summed E-state index contributed by atoms with van der Waals surface area (Å²) in [4.78, 5) is 55.4. The lowest BCUT2D eigenvalue weighted by Crippen LogP contribution is -2.36. The number of aryl methyl sites for hydroxylation is 1. The molecule has 11 heteroatoms. The molecular formula is C40H38N4O6S. The van der Waals surface area contributed by atoms with Crippen molar-refractivity contribution < 1.29 is 28.7 Å². The highest BCUT2D eigenvalue weighted by Gasteiger charge is 2.42. The third-order valence-corrected chi connectivity index (χ3v) is 10.8. The highest BCUT2D eigenvalue weighted by Crippen LogP contribution is 2.33. The normalized spacial score (nSPS) is 17.8. The number of esters is 2. The first-order valence-corrected chi connectivity index (χ1v) is 18.3. The van der Waals surface area contributed by atoms with Crippen LogP contribution in [0, 0.1) is 0 Å². The number of thioether (sulfide) groups is 1. The first-order chi connectivity index (χ1) is 24.9. The number of nitrogens with one attached hydrogen (secondary N) is 3. The number of ether oxygens (including phenoxy) is 2. The van der Waals surface area contributed by atoms with Crippen LogP contribution < -0.4 is 20.7 Å². The fourth-order valence-corrected chi connectivity index (χ4v) is 8.17. The molecule has 0 saturated carbocycles. The van der Waals surface area contributed by atoms with Gasteiger partial charge < -0.3 is 25.4 Å². The molecule has 2 aliphatic heterocycles. The molecule has 0 radical (unpaired) electrons. The summed E-state index contributed by atoms with van der Waals surface area (Å²) < 4.78 is 11.2. The Balaban J connectivity index is 0.972. The van der Waals surface area contributed by atoms with Gasteiger partial charge in [0, 0.05) is 40.3 Å². The number of anilines is 1. The van der Waals surface area contributed by atoms with Crippen LogP contribution in [-0.2, 0) is 27.4 Å². The topological polar surface area (TPSA) is 136 Å². The Bertz CT molecular complexity index is 2070. The molecule has 2 aliphatic rings. The third kappa shape index (κ3) is 8.32. The molecule has 3 heterocycles. The van der Waals surface area contributed by atoms with E-state index in [1.54, 1.807) is 30.3 Å². The smallest absolute Gasteiger partial charge is 0.344 e. The van der Waals surface area contributed by atoms with Gasteiger partial charge in [-0.25, -0.2) is 14.6 Å². The van der Waals surface area contributed by atoms with E-state index in [0.29, 0.717) is 56.9 Å². The molecule has 5 aromatic rings. The summed E-state index contributed by atoms with van der Waals surface area (Å²) in [5.41, 5.74) is 4.04. The zero-order valence-electron chi connectivity index (χ0n) is 27.9. The van der Waals surface area contributed by atoms with E-state index in [0.717, 1.165) is 36.1 Å². The Morgan fingerprint density at radius 3 is 2.45 bits per heavy atom. The first-order valence-electron chi connectivity index (χ1n) is 17.2. The van der Waals surface area contributed by atoms with Crippen molar-refractivity contribution in [1.29, 1.82) is 0 Å². The fourth-order valence-electron chi connectivity index (χ4n) is 6.63. The van der Waals surface area contributed by atoms with Gasteiger partial charge in [0.15, 0.2) is 0 Å². The van der Waals surface area contributed by atoms with Crippen molar-refractivity contribution in [3.63, 3.8) is 0 Å². The van der Waals surface area contributed by atoms with Crippen molar-refractivity contribution in [2.45, 2.75) is 62.5 Å². The van der Waals surface area contributed by atoms with E-state index >= 15 is 0 Å². The van der Waals surface area contributed by atoms with Crippen molar-refractivity contribution in [2.75, 3.05) is 11.1 Å². The molecule has 4 aromatic carbocycles. The summed E-state index contributed by atoms with van der Waals surface area (Å²) in [6, 6.07) is 29.6. The van der Waals surface area contributed by atoms with E-state index in [1.807, 2.05) is 78.5 Å². The molecule has 3 amide bonds. The summed E-state index contributed by atoms with van der Waals surface area (Å²) in [6.45, 7) is 0.239. The molecule has 3 atom stereocenters. The summed E-state index contributed by atoms with van der Waals surface area (Å²) >= 11 is 1.87. The van der Waals surface area contributed by atoms with Gasteiger partial charge in [-0.3, -0.25) is 9.59 Å². The van der Waals surface area contributed by atoms with Crippen LogP contribution in [0.4, 0.5) is 10.5 Å². The highest BCUT2D eigenvalue weighted by molar-refractivity contribution is 8.00. The minimum Gasteiger partial charge on any atom is -0.461 e. The van der Waals surface area contributed by atoms with Gasteiger partial charge in [-0.1, -0.05) is 67.1 Å². The van der Waals surface area contributed by atoms with Crippen LogP contribution in [0.15, 0.2) is 97.1 Å². The number of carbonyl (C=O) groups excluding carboxylic acids is 4. The maximum Gasteiger partial charge on any atom is 0.344 e. The van der Waals surface area contributed by atoms with Crippen molar-refractivity contribution >= 4 is 63.1 Å². The Hall–Kier alpha value is -5.42. The maximum absolute atomic E-state index is 13.8. The largest absolute Gasteiger partial charge is 0.461 e. The number of hydrogen-bond donors (Lipinski definition) is 3. The van der Waals surface area contributed by atoms with Crippen LogP contribution in [0.1, 0.15) is 53.6 Å². The molecule has 3 N–H and O–H groups in total. The molecular weight excluding hydrogens is 665 g/mol. The number of carbonyl (C=O) groups is 4. The van der Waals surface area contributed by atoms with Crippen molar-refractivity contribution in [2.24, 2.45) is 0 Å². The van der Waals surface area contributed by atoms with Crippen LogP contribution in [0.5, 0.6) is 5.75 Å². The molecule has 2 fully saturated rings. The predicted molar refractivity (Wildman–Crippen MR) is 198 cm³/mol. The Morgan fingerprint density at radius 1 is 0.824 bits per heavy atom. The molecule has 0 spiro atoms. The van der Waals surface area contributed by atoms with Crippen LogP contribution in [-0.4, -0.2) is 51.9 Å². The van der Waals surface area contributed by atoms with Crippen LogP contribution in [0.2, 0.25) is 0 Å². The van der Waals surface area contributed by atoms with E-state index in [4.69, 9.17) is 14.5 Å². The highest BCUT2D eigenvalue weighted by atomic mass is 32.2. The van der Waals surface area contributed by atoms with Gasteiger partial charge in [0.1, 0.15) is 12.4 Å². The Kier molecular flexibility index (Phi) is 10.4. The number of rotatable bonds is 13. The molecule has 2 saturated heterocycles. The number of amides is 3. The van der Waals surface area contributed by atoms with Crippen LogP contribution >= 0.6 is 11.8 Å². The number of hydrogen-bond acceptors (Lipinski definition) is 8. The van der Waals surface area contributed by atoms with Crippen LogP contribution in [0.25, 0.3) is 21.8 Å². The van der Waals surface area contributed by atoms with E-state index in [9.17, 15) is 19.2 Å². The number of benzene rings is 4. The van der Waals surface area contributed by atoms with Gasteiger partial charge in [-0.05, 0) is 66.8 Å². The zero-order valence-corrected chi connectivity index (χ0v) is 28.7. The van der Waals surface area contributed by atoms with Gasteiger partial charge in [-0.15, -0.1) is 0 Å². The quantitative estimate of drug-likeness (QED) is 0.0395. The van der Waals surface area contributed by atoms with Gasteiger partial charge in [-0.2, -0.15) is 11.8 Å². The van der Waals surface area contributed by atoms with E-state index in [1.165, 1.54) is 0 Å². The SMILES string of the molecule is O=C(CCCC[C@@H]1SC[C@@H]2NC(=O)N[C@@H]21)Nc1ccc2nc3ccccc3c(C(=O)Oc3ccc(CCC(=O)OCc4ccccc4)cc3)c2c1. The molecule has 0 bridgehead atoms. The second-order valence-electron chi connectivity index (χ2n) is 12.8. The average Bonchev–Trinajstić information content (AvgIpc) is 3.70.